The number of benzene rings is 1. The Balaban J connectivity index is 0.00000392. The lowest BCUT2D eigenvalue weighted by atomic mass is 10.2. The van der Waals surface area contributed by atoms with E-state index in [1.807, 2.05) is 6.07 Å². The predicted molar refractivity (Wildman–Crippen MR) is 130 cm³/mol. The molecule has 0 heterocycles. The maximum Gasteiger partial charge on any atom is 0.191 e. The Labute approximate surface area is 188 Å². The fraction of sp³-hybridized carbons (Fsp3) is 0.682. The van der Waals surface area contributed by atoms with Gasteiger partial charge in [0.05, 0.1) is 13.2 Å². The van der Waals surface area contributed by atoms with Crippen LogP contribution in [-0.4, -0.2) is 50.2 Å². The number of nitrogens with zero attached hydrogens (tertiary/aromatic N) is 2. The Morgan fingerprint density at radius 2 is 1.86 bits per heavy atom. The van der Waals surface area contributed by atoms with Crippen LogP contribution in [0.1, 0.15) is 52.0 Å². The highest BCUT2D eigenvalue weighted by Crippen LogP contribution is 2.30. The van der Waals surface area contributed by atoms with E-state index in [1.165, 1.54) is 25.8 Å². The summed E-state index contributed by atoms with van der Waals surface area (Å²) >= 11 is 0. The maximum absolute atomic E-state index is 6.00. The predicted octanol–water partition coefficient (Wildman–Crippen LogP) is 4.27. The number of guanidine groups is 1. The lowest BCUT2D eigenvalue weighted by Crippen LogP contribution is -2.38. The fourth-order valence-electron chi connectivity index (χ4n) is 2.98. The fourth-order valence-corrected chi connectivity index (χ4v) is 2.98. The van der Waals surface area contributed by atoms with Crippen LogP contribution < -0.4 is 15.4 Å². The molecule has 2 rings (SSSR count). The molecule has 0 radical (unpaired) electrons. The average molecular weight is 502 g/mol. The second-order valence-electron chi connectivity index (χ2n) is 7.22. The summed E-state index contributed by atoms with van der Waals surface area (Å²) in [6.07, 6.45) is 4.99. The Morgan fingerprint density at radius 3 is 2.54 bits per heavy atom. The number of ether oxygens (including phenoxy) is 1. The first-order valence-corrected chi connectivity index (χ1v) is 10.7. The molecule has 0 aliphatic heterocycles. The highest BCUT2D eigenvalue weighted by molar-refractivity contribution is 14.0. The minimum absolute atomic E-state index is 0. The van der Waals surface area contributed by atoms with E-state index >= 15 is 0 Å². The molecule has 0 saturated heterocycles. The summed E-state index contributed by atoms with van der Waals surface area (Å²) in [6, 6.07) is 8.26. The van der Waals surface area contributed by atoms with E-state index in [-0.39, 0.29) is 24.0 Å². The summed E-state index contributed by atoms with van der Waals surface area (Å²) in [4.78, 5) is 7.23. The van der Waals surface area contributed by atoms with Crippen molar-refractivity contribution in [1.29, 1.82) is 0 Å². The summed E-state index contributed by atoms with van der Waals surface area (Å²) in [5.41, 5.74) is 1.15. The normalized spacial score (nSPS) is 13.9. The van der Waals surface area contributed by atoms with Crippen LogP contribution in [0.4, 0.5) is 0 Å². The molecule has 28 heavy (non-hydrogen) atoms. The highest BCUT2D eigenvalue weighted by Gasteiger charge is 2.22. The van der Waals surface area contributed by atoms with Crippen molar-refractivity contribution in [1.82, 2.24) is 15.5 Å². The van der Waals surface area contributed by atoms with Crippen LogP contribution in [0.2, 0.25) is 0 Å². The minimum atomic E-state index is 0. The second-order valence-corrected chi connectivity index (χ2v) is 7.22. The van der Waals surface area contributed by atoms with E-state index in [9.17, 15) is 0 Å². The van der Waals surface area contributed by atoms with Crippen LogP contribution in [0.25, 0.3) is 0 Å². The van der Waals surface area contributed by atoms with E-state index in [1.54, 1.807) is 0 Å². The average Bonchev–Trinajstić information content (AvgIpc) is 3.52. The number of rotatable bonds is 13. The number of hydrogen-bond donors (Lipinski definition) is 2. The number of para-hydroxylation sites is 1. The van der Waals surface area contributed by atoms with Crippen LogP contribution in [0.3, 0.4) is 0 Å². The summed E-state index contributed by atoms with van der Waals surface area (Å²) in [7, 11) is 0. The molecule has 1 aromatic rings. The van der Waals surface area contributed by atoms with Gasteiger partial charge in [-0.1, -0.05) is 32.0 Å². The van der Waals surface area contributed by atoms with Crippen molar-refractivity contribution in [3.8, 4) is 5.75 Å². The first-order chi connectivity index (χ1) is 13.3. The first kappa shape index (κ1) is 25.0. The number of hydrogen-bond acceptors (Lipinski definition) is 3. The molecule has 0 unspecified atom stereocenters. The molecule has 0 aromatic heterocycles. The molecule has 6 heteroatoms. The minimum Gasteiger partial charge on any atom is -0.493 e. The summed E-state index contributed by atoms with van der Waals surface area (Å²) in [5.74, 6) is 2.62. The number of halogens is 1. The second kappa shape index (κ2) is 14.9. The smallest absolute Gasteiger partial charge is 0.191 e. The largest absolute Gasteiger partial charge is 0.493 e. The third-order valence-electron chi connectivity index (χ3n) is 4.98. The van der Waals surface area contributed by atoms with Crippen LogP contribution in [0, 0.1) is 5.92 Å². The molecule has 1 saturated carbocycles. The lowest BCUT2D eigenvalue weighted by molar-refractivity contribution is 0.296. The van der Waals surface area contributed by atoms with Gasteiger partial charge < -0.3 is 20.3 Å². The van der Waals surface area contributed by atoms with Gasteiger partial charge in [0.2, 0.25) is 0 Å². The molecule has 1 aliphatic rings. The monoisotopic (exact) mass is 502 g/mol. The van der Waals surface area contributed by atoms with E-state index < -0.39 is 0 Å². The Kier molecular flexibility index (Phi) is 13.3. The maximum atomic E-state index is 6.00. The molecule has 5 nitrogen and oxygen atoms in total. The van der Waals surface area contributed by atoms with Crippen LogP contribution in [-0.2, 0) is 6.54 Å². The van der Waals surface area contributed by atoms with Gasteiger partial charge in [0.25, 0.3) is 0 Å². The zero-order valence-electron chi connectivity index (χ0n) is 17.9. The third kappa shape index (κ3) is 9.96. The zero-order chi connectivity index (χ0) is 19.3. The Bertz CT molecular complexity index is 559. The summed E-state index contributed by atoms with van der Waals surface area (Å²) < 4.78 is 6.00. The Hall–Kier alpha value is -1.02. The molecule has 0 atom stereocenters. The van der Waals surface area contributed by atoms with Gasteiger partial charge in [-0.2, -0.15) is 0 Å². The molecule has 2 N–H and O–H groups in total. The number of nitrogens with one attached hydrogen (secondary N) is 2. The van der Waals surface area contributed by atoms with Crippen LogP contribution in [0.15, 0.2) is 29.3 Å². The van der Waals surface area contributed by atoms with E-state index in [0.717, 1.165) is 62.4 Å². The van der Waals surface area contributed by atoms with Gasteiger partial charge in [0.1, 0.15) is 5.75 Å². The van der Waals surface area contributed by atoms with Crippen molar-refractivity contribution in [3.63, 3.8) is 0 Å². The molecule has 1 aliphatic carbocycles. The van der Waals surface area contributed by atoms with Gasteiger partial charge in [0, 0.05) is 18.7 Å². The van der Waals surface area contributed by atoms with Crippen LogP contribution >= 0.6 is 24.0 Å². The highest BCUT2D eigenvalue weighted by atomic mass is 127. The van der Waals surface area contributed by atoms with Crippen LogP contribution in [0.5, 0.6) is 5.75 Å². The quantitative estimate of drug-likeness (QED) is 0.183. The number of aliphatic imine (C=N–C) groups is 1. The molecular weight excluding hydrogens is 463 g/mol. The summed E-state index contributed by atoms with van der Waals surface area (Å²) in [6.45, 7) is 13.3. The van der Waals surface area contributed by atoms with Gasteiger partial charge in [-0.3, -0.25) is 0 Å². The topological polar surface area (TPSA) is 48.9 Å². The first-order valence-electron chi connectivity index (χ1n) is 10.7. The van der Waals surface area contributed by atoms with E-state index in [4.69, 9.17) is 9.73 Å². The van der Waals surface area contributed by atoms with Gasteiger partial charge >= 0.3 is 0 Å². The molecule has 160 valence electrons. The molecule has 1 aromatic carbocycles. The third-order valence-corrected chi connectivity index (χ3v) is 4.98. The van der Waals surface area contributed by atoms with Gasteiger partial charge in [-0.25, -0.2) is 4.99 Å². The molecule has 0 amide bonds. The molecule has 1 fully saturated rings. The lowest BCUT2D eigenvalue weighted by Gasteiger charge is -2.18. The molecule has 0 spiro atoms. The van der Waals surface area contributed by atoms with Gasteiger partial charge in [-0.05, 0) is 64.2 Å². The van der Waals surface area contributed by atoms with Gasteiger partial charge in [0.15, 0.2) is 5.96 Å². The molecular formula is C22H39IN4O. The Morgan fingerprint density at radius 1 is 1.11 bits per heavy atom. The number of unbranched alkanes of at least 4 members (excludes halogenated alkanes) is 1. The van der Waals surface area contributed by atoms with Crippen molar-refractivity contribution in [3.05, 3.63) is 29.8 Å². The van der Waals surface area contributed by atoms with Crippen molar-refractivity contribution >= 4 is 29.9 Å². The van der Waals surface area contributed by atoms with E-state index in [2.05, 4.69) is 54.5 Å². The van der Waals surface area contributed by atoms with Crippen molar-refractivity contribution in [2.24, 2.45) is 10.9 Å². The van der Waals surface area contributed by atoms with Crippen molar-refractivity contribution in [2.75, 3.05) is 39.3 Å². The summed E-state index contributed by atoms with van der Waals surface area (Å²) in [5, 5.41) is 6.80. The van der Waals surface area contributed by atoms with Crippen molar-refractivity contribution in [2.45, 2.75) is 53.0 Å². The SMILES string of the molecule is CCNC(=NCc1ccccc1OCC1CC1)NCCCCN(CC)CC.I. The van der Waals surface area contributed by atoms with Crippen molar-refractivity contribution < 1.29 is 4.74 Å². The van der Waals surface area contributed by atoms with Gasteiger partial charge in [-0.15, -0.1) is 24.0 Å². The zero-order valence-corrected chi connectivity index (χ0v) is 20.2. The molecule has 0 bridgehead atoms. The standard InChI is InChI=1S/C22H38N4O.HI/c1-4-23-22(24-15-9-10-16-26(5-2)6-3)25-17-20-11-7-8-12-21(20)27-18-19-13-14-19;/h7-8,11-12,19H,4-6,9-10,13-18H2,1-3H3,(H2,23,24,25);1H. The van der Waals surface area contributed by atoms with E-state index in [0.29, 0.717) is 6.54 Å².